The molecule has 0 radical (unpaired) electrons. The lowest BCUT2D eigenvalue weighted by molar-refractivity contribution is -0.144. The Morgan fingerprint density at radius 1 is 0.706 bits per heavy atom. The van der Waals surface area contributed by atoms with E-state index in [1.165, 1.54) is 5.56 Å². The van der Waals surface area contributed by atoms with Gasteiger partial charge in [-0.2, -0.15) is 0 Å². The van der Waals surface area contributed by atoms with E-state index in [4.69, 9.17) is 9.47 Å². The number of ether oxygens (including phenoxy) is 2. The third-order valence-electron chi connectivity index (χ3n) is 4.82. The van der Waals surface area contributed by atoms with Crippen molar-refractivity contribution in [1.82, 2.24) is 0 Å². The third-order valence-corrected chi connectivity index (χ3v) is 4.82. The third kappa shape index (κ3) is 9.16. The number of esters is 1. The van der Waals surface area contributed by atoms with Crippen LogP contribution in [-0.2, 0) is 25.5 Å². The van der Waals surface area contributed by atoms with Gasteiger partial charge in [-0.25, -0.2) is 0 Å². The van der Waals surface area contributed by atoms with Crippen molar-refractivity contribution in [3.8, 4) is 5.75 Å². The van der Waals surface area contributed by atoms with Gasteiger partial charge in [0, 0.05) is 17.8 Å². The van der Waals surface area contributed by atoms with Crippen LogP contribution < -0.4 is 15.4 Å². The molecule has 176 valence electrons. The van der Waals surface area contributed by atoms with Crippen LogP contribution >= 0.6 is 0 Å². The smallest absolute Gasteiger partial charge is 0.306 e. The topological polar surface area (TPSA) is 93.7 Å². The molecular weight excluding hydrogens is 432 g/mol. The van der Waals surface area contributed by atoms with E-state index in [9.17, 15) is 14.4 Å². The first-order valence-electron chi connectivity index (χ1n) is 11.2. The highest BCUT2D eigenvalue weighted by Gasteiger charge is 2.10. The maximum Gasteiger partial charge on any atom is 0.306 e. The first-order chi connectivity index (χ1) is 16.6. The molecule has 0 spiro atoms. The molecule has 0 saturated carbocycles. The molecule has 3 rings (SSSR count). The van der Waals surface area contributed by atoms with Gasteiger partial charge in [-0.15, -0.1) is 0 Å². The van der Waals surface area contributed by atoms with Gasteiger partial charge in [0.1, 0.15) is 5.75 Å². The van der Waals surface area contributed by atoms with Crippen LogP contribution in [0.15, 0.2) is 84.9 Å². The first-order valence-corrected chi connectivity index (χ1v) is 11.2. The van der Waals surface area contributed by atoms with Crippen LogP contribution in [0.1, 0.15) is 24.8 Å². The summed E-state index contributed by atoms with van der Waals surface area (Å²) in [5.41, 5.74) is 2.24. The van der Waals surface area contributed by atoms with Crippen molar-refractivity contribution in [2.75, 3.05) is 23.8 Å². The zero-order valence-corrected chi connectivity index (χ0v) is 18.9. The second-order valence-electron chi connectivity index (χ2n) is 7.59. The number of carbonyl (C=O) groups excluding carboxylic acids is 3. The lowest BCUT2D eigenvalue weighted by Crippen LogP contribution is -2.20. The van der Waals surface area contributed by atoms with Crippen LogP contribution in [0.2, 0.25) is 0 Å². The summed E-state index contributed by atoms with van der Waals surface area (Å²) in [7, 11) is 0. The zero-order chi connectivity index (χ0) is 24.0. The van der Waals surface area contributed by atoms with Gasteiger partial charge >= 0.3 is 5.97 Å². The van der Waals surface area contributed by atoms with Gasteiger partial charge < -0.3 is 20.1 Å². The zero-order valence-electron chi connectivity index (χ0n) is 18.9. The fourth-order valence-electron chi connectivity index (χ4n) is 3.16. The minimum Gasteiger partial charge on any atom is -0.484 e. The van der Waals surface area contributed by atoms with E-state index in [-0.39, 0.29) is 31.3 Å². The molecule has 0 aliphatic rings. The molecule has 0 heterocycles. The lowest BCUT2D eigenvalue weighted by atomic mass is 10.1. The summed E-state index contributed by atoms with van der Waals surface area (Å²) < 4.78 is 10.6. The maximum absolute atomic E-state index is 12.2. The Morgan fingerprint density at radius 2 is 1.35 bits per heavy atom. The van der Waals surface area contributed by atoms with Gasteiger partial charge in [-0.05, 0) is 48.7 Å². The number of hydrogen-bond acceptors (Lipinski definition) is 5. The molecule has 3 aromatic carbocycles. The molecule has 0 aromatic heterocycles. The molecule has 7 nitrogen and oxygen atoms in total. The molecule has 0 aliphatic carbocycles. The molecule has 3 aromatic rings. The molecule has 2 N–H and O–H groups in total. The number of amides is 2. The van der Waals surface area contributed by atoms with E-state index in [0.29, 0.717) is 23.7 Å². The van der Waals surface area contributed by atoms with Crippen molar-refractivity contribution < 1.29 is 23.9 Å². The van der Waals surface area contributed by atoms with Crippen molar-refractivity contribution in [1.29, 1.82) is 0 Å². The van der Waals surface area contributed by atoms with Crippen LogP contribution in [0.5, 0.6) is 5.75 Å². The minimum atomic E-state index is -0.400. The summed E-state index contributed by atoms with van der Waals surface area (Å²) in [5, 5.41) is 5.46. The van der Waals surface area contributed by atoms with Crippen LogP contribution in [0.4, 0.5) is 11.4 Å². The lowest BCUT2D eigenvalue weighted by Gasteiger charge is -2.10. The van der Waals surface area contributed by atoms with Crippen LogP contribution in [-0.4, -0.2) is 31.0 Å². The molecular formula is C27H28N2O5. The molecule has 0 atom stereocenters. The maximum atomic E-state index is 12.2. The second-order valence-corrected chi connectivity index (χ2v) is 7.59. The van der Waals surface area contributed by atoms with E-state index in [0.717, 1.165) is 12.8 Å². The summed E-state index contributed by atoms with van der Waals surface area (Å²) in [6, 6.07) is 25.8. The summed E-state index contributed by atoms with van der Waals surface area (Å²) in [5.74, 6) is -0.421. The first kappa shape index (κ1) is 24.5. The summed E-state index contributed by atoms with van der Waals surface area (Å²) in [6.07, 6.45) is 1.58. The summed E-state index contributed by atoms with van der Waals surface area (Å²) >= 11 is 0. The number of aryl methyl sites for hydroxylation is 1. The molecule has 0 aliphatic heterocycles. The molecule has 0 saturated heterocycles. The Hall–Kier alpha value is -4.13. The van der Waals surface area contributed by atoms with Crippen molar-refractivity contribution in [2.45, 2.75) is 25.7 Å². The van der Waals surface area contributed by atoms with E-state index in [2.05, 4.69) is 10.6 Å². The average molecular weight is 461 g/mol. The Balaban J connectivity index is 1.33. The van der Waals surface area contributed by atoms with E-state index < -0.39 is 5.97 Å². The summed E-state index contributed by atoms with van der Waals surface area (Å²) in [4.78, 5) is 36.2. The second kappa shape index (κ2) is 13.4. The van der Waals surface area contributed by atoms with E-state index in [1.807, 2.05) is 48.5 Å². The van der Waals surface area contributed by atoms with Crippen LogP contribution in [0, 0.1) is 0 Å². The van der Waals surface area contributed by atoms with Crippen molar-refractivity contribution >= 4 is 29.2 Å². The fraction of sp³-hybridized carbons (Fsp3) is 0.222. The Kier molecular flexibility index (Phi) is 9.68. The molecule has 2 amide bonds. The van der Waals surface area contributed by atoms with Crippen molar-refractivity contribution in [2.24, 2.45) is 0 Å². The van der Waals surface area contributed by atoms with Crippen molar-refractivity contribution in [3.05, 3.63) is 90.5 Å². The number of para-hydroxylation sites is 1. The molecule has 34 heavy (non-hydrogen) atoms. The van der Waals surface area contributed by atoms with Gasteiger partial charge in [0.2, 0.25) is 5.91 Å². The van der Waals surface area contributed by atoms with Gasteiger partial charge in [0.25, 0.3) is 5.91 Å². The normalized spacial score (nSPS) is 10.2. The van der Waals surface area contributed by atoms with Gasteiger partial charge in [0.05, 0.1) is 13.0 Å². The van der Waals surface area contributed by atoms with Crippen molar-refractivity contribution in [3.63, 3.8) is 0 Å². The quantitative estimate of drug-likeness (QED) is 0.304. The molecule has 7 heteroatoms. The van der Waals surface area contributed by atoms with Gasteiger partial charge in [0.15, 0.2) is 6.61 Å². The SMILES string of the molecule is O=C(CCC(=O)OCCCc1ccccc1)Nc1cccc(NC(=O)COc2ccccc2)c1. The highest BCUT2D eigenvalue weighted by molar-refractivity contribution is 5.95. The minimum absolute atomic E-state index is 0.00439. The predicted octanol–water partition coefficient (Wildman–Crippen LogP) is 4.60. The molecule has 0 fully saturated rings. The van der Waals surface area contributed by atoms with Gasteiger partial charge in [-0.1, -0.05) is 54.6 Å². The molecule has 0 bridgehead atoms. The van der Waals surface area contributed by atoms with E-state index >= 15 is 0 Å². The van der Waals surface area contributed by atoms with Crippen LogP contribution in [0.25, 0.3) is 0 Å². The number of carbonyl (C=O) groups is 3. The largest absolute Gasteiger partial charge is 0.484 e. The van der Waals surface area contributed by atoms with Gasteiger partial charge in [-0.3, -0.25) is 14.4 Å². The standard InChI is InChI=1S/C27H28N2O5/c30-25(16-17-27(32)33-18-8-11-21-9-3-1-4-10-21)28-22-12-7-13-23(19-22)29-26(31)20-34-24-14-5-2-6-15-24/h1-7,9-10,12-15,19H,8,11,16-18,20H2,(H,28,30)(H,29,31). The summed E-state index contributed by atoms with van der Waals surface area (Å²) in [6.45, 7) is 0.194. The Labute approximate surface area is 199 Å². The fourth-order valence-corrected chi connectivity index (χ4v) is 3.16. The average Bonchev–Trinajstić information content (AvgIpc) is 2.86. The Morgan fingerprint density at radius 3 is 2.06 bits per heavy atom. The number of anilines is 2. The monoisotopic (exact) mass is 460 g/mol. The number of hydrogen-bond donors (Lipinski definition) is 2. The Bertz CT molecular complexity index is 1070. The number of benzene rings is 3. The number of nitrogens with one attached hydrogen (secondary N) is 2. The predicted molar refractivity (Wildman–Crippen MR) is 131 cm³/mol. The molecule has 0 unspecified atom stereocenters. The van der Waals surface area contributed by atoms with E-state index in [1.54, 1.807) is 36.4 Å². The highest BCUT2D eigenvalue weighted by Crippen LogP contribution is 2.16. The highest BCUT2D eigenvalue weighted by atomic mass is 16.5. The number of rotatable bonds is 12. The van der Waals surface area contributed by atoms with Crippen LogP contribution in [0.3, 0.4) is 0 Å².